The topological polar surface area (TPSA) is 61.8 Å². The largest absolute Gasteiger partial charge is 0.393 e. The number of aliphatic hydroxyl groups excluding tert-OH is 1. The summed E-state index contributed by atoms with van der Waals surface area (Å²) in [6, 6.07) is 0.155. The highest BCUT2D eigenvalue weighted by Gasteiger charge is 2.46. The van der Waals surface area contributed by atoms with E-state index in [0.29, 0.717) is 25.0 Å². The molecule has 0 aromatic heterocycles. The second-order valence-electron chi connectivity index (χ2n) is 6.12. The maximum atomic E-state index is 12.6. The first-order chi connectivity index (χ1) is 9.20. The molecule has 5 atom stereocenters. The Morgan fingerprint density at radius 3 is 2.95 bits per heavy atom. The van der Waals surface area contributed by atoms with Crippen LogP contribution >= 0.6 is 0 Å². The van der Waals surface area contributed by atoms with Crippen molar-refractivity contribution in [3.8, 4) is 0 Å². The van der Waals surface area contributed by atoms with Crippen LogP contribution in [0.15, 0.2) is 0 Å². The molecule has 2 saturated heterocycles. The van der Waals surface area contributed by atoms with Crippen molar-refractivity contribution < 1.29 is 14.6 Å². The monoisotopic (exact) mass is 268 g/mol. The van der Waals surface area contributed by atoms with Crippen LogP contribution in [0.3, 0.4) is 0 Å². The third kappa shape index (κ3) is 2.39. The minimum Gasteiger partial charge on any atom is -0.393 e. The molecule has 3 aliphatic rings. The molecule has 0 bridgehead atoms. The first-order valence-electron chi connectivity index (χ1n) is 7.48. The van der Waals surface area contributed by atoms with Crippen molar-refractivity contribution in [2.24, 2.45) is 17.8 Å². The standard InChI is InChI=1S/C14H24N2O3/c1-2-15-12-8-19-7-11(12)14(18)16-5-9-3-4-13(17)10(9)6-16/h9-13,15,17H,2-8H2,1H3. The van der Waals surface area contributed by atoms with Gasteiger partial charge in [-0.15, -0.1) is 0 Å². The molecular formula is C14H24N2O3. The summed E-state index contributed by atoms with van der Waals surface area (Å²) in [7, 11) is 0. The van der Waals surface area contributed by atoms with Crippen molar-refractivity contribution in [3.05, 3.63) is 0 Å². The minimum atomic E-state index is -0.202. The molecule has 1 aliphatic carbocycles. The van der Waals surface area contributed by atoms with Crippen LogP contribution < -0.4 is 5.32 Å². The van der Waals surface area contributed by atoms with Crippen molar-refractivity contribution in [2.75, 3.05) is 32.8 Å². The van der Waals surface area contributed by atoms with E-state index in [4.69, 9.17) is 4.74 Å². The van der Waals surface area contributed by atoms with Crippen molar-refractivity contribution in [1.82, 2.24) is 10.2 Å². The lowest BCUT2D eigenvalue weighted by Gasteiger charge is -2.25. The number of hydrogen-bond acceptors (Lipinski definition) is 4. The lowest BCUT2D eigenvalue weighted by Crippen LogP contribution is -2.45. The molecule has 3 fully saturated rings. The molecule has 2 aliphatic heterocycles. The Kier molecular flexibility index (Phi) is 3.78. The molecule has 0 radical (unpaired) electrons. The Hall–Kier alpha value is -0.650. The number of nitrogens with one attached hydrogen (secondary N) is 1. The maximum Gasteiger partial charge on any atom is 0.229 e. The molecule has 2 heterocycles. The molecule has 0 spiro atoms. The Bertz CT molecular complexity index is 350. The smallest absolute Gasteiger partial charge is 0.229 e. The van der Waals surface area contributed by atoms with Gasteiger partial charge in [0, 0.05) is 25.0 Å². The number of nitrogens with zero attached hydrogens (tertiary/aromatic N) is 1. The zero-order valence-corrected chi connectivity index (χ0v) is 11.5. The van der Waals surface area contributed by atoms with Crippen LogP contribution in [-0.4, -0.2) is 60.9 Å². The molecule has 1 saturated carbocycles. The summed E-state index contributed by atoms with van der Waals surface area (Å²) in [6.45, 7) is 5.65. The van der Waals surface area contributed by atoms with Gasteiger partial charge >= 0.3 is 0 Å². The predicted molar refractivity (Wildman–Crippen MR) is 70.6 cm³/mol. The third-order valence-corrected chi connectivity index (χ3v) is 4.99. The number of ether oxygens (including phenoxy) is 1. The van der Waals surface area contributed by atoms with Gasteiger partial charge in [-0.3, -0.25) is 4.79 Å². The number of aliphatic hydroxyl groups is 1. The van der Waals surface area contributed by atoms with Crippen LogP contribution in [0.2, 0.25) is 0 Å². The highest BCUT2D eigenvalue weighted by molar-refractivity contribution is 5.80. The van der Waals surface area contributed by atoms with Gasteiger partial charge in [-0.2, -0.15) is 0 Å². The van der Waals surface area contributed by atoms with Crippen LogP contribution in [0.25, 0.3) is 0 Å². The quantitative estimate of drug-likeness (QED) is 0.747. The number of amides is 1. The normalized spacial score (nSPS) is 41.8. The summed E-state index contributed by atoms with van der Waals surface area (Å²) in [6.07, 6.45) is 1.77. The SMILES string of the molecule is CCNC1COCC1C(=O)N1CC2CCC(O)C2C1. The van der Waals surface area contributed by atoms with Crippen LogP contribution in [0.4, 0.5) is 0 Å². The minimum absolute atomic E-state index is 0.0454. The van der Waals surface area contributed by atoms with Gasteiger partial charge in [-0.25, -0.2) is 0 Å². The second kappa shape index (κ2) is 5.38. The molecule has 1 amide bonds. The van der Waals surface area contributed by atoms with Gasteiger partial charge < -0.3 is 20.1 Å². The number of likely N-dealkylation sites (tertiary alicyclic amines) is 1. The summed E-state index contributed by atoms with van der Waals surface area (Å²) in [5.41, 5.74) is 0. The van der Waals surface area contributed by atoms with Gasteiger partial charge in [0.25, 0.3) is 0 Å². The molecule has 5 nitrogen and oxygen atoms in total. The first-order valence-corrected chi connectivity index (χ1v) is 7.48. The van der Waals surface area contributed by atoms with Crippen molar-refractivity contribution in [1.29, 1.82) is 0 Å². The van der Waals surface area contributed by atoms with E-state index in [-0.39, 0.29) is 24.0 Å². The van der Waals surface area contributed by atoms with Gasteiger partial charge in [-0.1, -0.05) is 6.92 Å². The number of hydrogen-bond donors (Lipinski definition) is 2. The number of likely N-dealkylation sites (N-methyl/N-ethyl adjacent to an activating group) is 1. The average Bonchev–Trinajstić information content (AvgIpc) is 3.07. The summed E-state index contributed by atoms with van der Waals surface area (Å²) in [4.78, 5) is 14.6. The summed E-state index contributed by atoms with van der Waals surface area (Å²) in [5.74, 6) is 0.990. The molecule has 5 unspecified atom stereocenters. The van der Waals surface area contributed by atoms with E-state index in [1.54, 1.807) is 0 Å². The van der Waals surface area contributed by atoms with Gasteiger partial charge in [0.2, 0.25) is 5.91 Å². The van der Waals surface area contributed by atoms with Crippen molar-refractivity contribution in [3.63, 3.8) is 0 Å². The average molecular weight is 268 g/mol. The van der Waals surface area contributed by atoms with Crippen LogP contribution in [0.5, 0.6) is 0 Å². The van der Waals surface area contributed by atoms with Crippen LogP contribution in [-0.2, 0) is 9.53 Å². The summed E-state index contributed by atoms with van der Waals surface area (Å²) < 4.78 is 5.46. The number of carbonyl (C=O) groups is 1. The van der Waals surface area contributed by atoms with Crippen LogP contribution in [0.1, 0.15) is 19.8 Å². The van der Waals surface area contributed by atoms with E-state index in [1.165, 1.54) is 0 Å². The van der Waals surface area contributed by atoms with Gasteiger partial charge in [-0.05, 0) is 25.3 Å². The van der Waals surface area contributed by atoms with E-state index in [2.05, 4.69) is 12.2 Å². The van der Waals surface area contributed by atoms with E-state index >= 15 is 0 Å². The van der Waals surface area contributed by atoms with Gasteiger partial charge in [0.15, 0.2) is 0 Å². The fourth-order valence-corrected chi connectivity index (χ4v) is 3.91. The van der Waals surface area contributed by atoms with Crippen molar-refractivity contribution >= 4 is 5.91 Å². The number of carbonyl (C=O) groups excluding carboxylic acids is 1. The first kappa shape index (κ1) is 13.3. The van der Waals surface area contributed by atoms with Gasteiger partial charge in [0.05, 0.1) is 25.2 Å². The molecule has 2 N–H and O–H groups in total. The highest BCUT2D eigenvalue weighted by atomic mass is 16.5. The van der Waals surface area contributed by atoms with E-state index in [0.717, 1.165) is 32.5 Å². The summed E-state index contributed by atoms with van der Waals surface area (Å²) >= 11 is 0. The Labute approximate surface area is 114 Å². The van der Waals surface area contributed by atoms with Gasteiger partial charge in [0.1, 0.15) is 0 Å². The second-order valence-corrected chi connectivity index (χ2v) is 6.12. The summed E-state index contributed by atoms with van der Waals surface area (Å²) in [5, 5.41) is 13.3. The van der Waals surface area contributed by atoms with E-state index < -0.39 is 0 Å². The van der Waals surface area contributed by atoms with Crippen molar-refractivity contribution in [2.45, 2.75) is 31.9 Å². The molecule has 3 rings (SSSR count). The molecule has 0 aromatic carbocycles. The number of fused-ring (bicyclic) bond motifs is 1. The maximum absolute atomic E-state index is 12.6. The molecule has 5 heteroatoms. The molecule has 108 valence electrons. The third-order valence-electron chi connectivity index (χ3n) is 4.99. The molecule has 19 heavy (non-hydrogen) atoms. The molecule has 0 aromatic rings. The Morgan fingerprint density at radius 1 is 1.37 bits per heavy atom. The fourth-order valence-electron chi connectivity index (χ4n) is 3.91. The highest BCUT2D eigenvalue weighted by Crippen LogP contribution is 2.38. The molecular weight excluding hydrogens is 244 g/mol. The zero-order valence-electron chi connectivity index (χ0n) is 11.5. The van der Waals surface area contributed by atoms with E-state index in [1.807, 2.05) is 4.90 Å². The van der Waals surface area contributed by atoms with E-state index in [9.17, 15) is 9.90 Å². The lowest BCUT2D eigenvalue weighted by molar-refractivity contribution is -0.135. The Morgan fingerprint density at radius 2 is 2.21 bits per heavy atom. The fraction of sp³-hybridized carbons (Fsp3) is 0.929. The van der Waals surface area contributed by atoms with Crippen LogP contribution in [0, 0.1) is 17.8 Å². The lowest BCUT2D eigenvalue weighted by atomic mass is 10.00. The predicted octanol–water partition coefficient (Wildman–Crippen LogP) is -0.160. The Balaban J connectivity index is 1.62. The zero-order chi connectivity index (χ0) is 13.4. The number of rotatable bonds is 3.